The zero-order chi connectivity index (χ0) is 27.8. The molecule has 0 saturated carbocycles. The molecule has 1 amide bonds. The first-order valence-corrected chi connectivity index (χ1v) is 13.1. The van der Waals surface area contributed by atoms with Crippen molar-refractivity contribution >= 4 is 23.0 Å². The van der Waals surface area contributed by atoms with Gasteiger partial charge in [-0.2, -0.15) is 0 Å². The minimum atomic E-state index is -1.01. The van der Waals surface area contributed by atoms with E-state index >= 15 is 0 Å². The first-order chi connectivity index (χ1) is 19.5. The number of hydrogen-bond acceptors (Lipinski definition) is 7. The number of likely N-dealkylation sites (tertiary alicyclic amines) is 1. The Labute approximate surface area is 226 Å². The molecule has 4 heterocycles. The van der Waals surface area contributed by atoms with Crippen LogP contribution in [0.2, 0.25) is 0 Å². The van der Waals surface area contributed by atoms with Crippen molar-refractivity contribution in [2.24, 2.45) is 5.16 Å². The van der Waals surface area contributed by atoms with Crippen LogP contribution in [0.3, 0.4) is 0 Å². The number of H-pyrrole nitrogens is 1. The number of rotatable bonds is 3. The maximum atomic E-state index is 14.8. The molecule has 0 spiro atoms. The Bertz CT molecular complexity index is 1660. The van der Waals surface area contributed by atoms with Gasteiger partial charge in [-0.15, -0.1) is 0 Å². The van der Waals surface area contributed by atoms with Crippen LogP contribution < -0.4 is 5.69 Å². The van der Waals surface area contributed by atoms with Gasteiger partial charge in [0.25, 0.3) is 0 Å². The fraction of sp³-hybridized carbons (Fsp3) is 0.321. The number of nitrogens with one attached hydrogen (secondary N) is 1. The Balaban J connectivity index is 1.20. The van der Waals surface area contributed by atoms with Crippen molar-refractivity contribution in [3.05, 3.63) is 93.8 Å². The van der Waals surface area contributed by atoms with E-state index in [2.05, 4.69) is 20.1 Å². The van der Waals surface area contributed by atoms with Crippen LogP contribution in [0, 0.1) is 11.6 Å². The fourth-order valence-electron chi connectivity index (χ4n) is 5.82. The van der Waals surface area contributed by atoms with Crippen LogP contribution in [0.5, 0.6) is 0 Å². The lowest BCUT2D eigenvalue weighted by molar-refractivity contribution is 0.0473. The second-order valence-corrected chi connectivity index (χ2v) is 9.96. The summed E-state index contributed by atoms with van der Waals surface area (Å²) in [7, 11) is 0. The molecule has 40 heavy (non-hydrogen) atoms. The smallest absolute Gasteiger partial charge is 0.410 e. The van der Waals surface area contributed by atoms with E-state index in [9.17, 15) is 23.6 Å². The predicted octanol–water partition coefficient (Wildman–Crippen LogP) is 4.67. The summed E-state index contributed by atoms with van der Waals surface area (Å²) in [5.74, 6) is -2.78. The number of aromatic amines is 1. The van der Waals surface area contributed by atoms with Crippen LogP contribution in [-0.2, 0) is 4.74 Å². The third kappa shape index (κ3) is 4.48. The van der Waals surface area contributed by atoms with Crippen molar-refractivity contribution in [1.82, 2.24) is 24.4 Å². The van der Waals surface area contributed by atoms with Gasteiger partial charge in [0.1, 0.15) is 6.10 Å². The predicted molar refractivity (Wildman–Crippen MR) is 140 cm³/mol. The lowest BCUT2D eigenvalue weighted by Gasteiger charge is -2.32. The monoisotopic (exact) mass is 548 g/mol. The molecule has 2 atom stereocenters. The molecular weight excluding hydrogens is 522 g/mol. The van der Waals surface area contributed by atoms with Gasteiger partial charge in [0.15, 0.2) is 17.3 Å². The number of hydrogen-bond donors (Lipinski definition) is 2. The second-order valence-electron chi connectivity index (χ2n) is 9.96. The number of ether oxygens (including phenoxy) is 1. The zero-order valence-electron chi connectivity index (χ0n) is 21.3. The first kappa shape index (κ1) is 25.7. The normalized spacial score (nSPS) is 20.9. The molecule has 4 aromatic rings. The van der Waals surface area contributed by atoms with E-state index in [1.807, 2.05) is 6.07 Å². The molecule has 3 aromatic heterocycles. The topological polar surface area (TPSA) is 126 Å². The quantitative estimate of drug-likeness (QED) is 0.218. The number of nitrogens with zero attached hydrogens (tertiary/aromatic N) is 5. The molecule has 6 rings (SSSR count). The van der Waals surface area contributed by atoms with Crippen LogP contribution >= 0.6 is 0 Å². The van der Waals surface area contributed by atoms with Crippen molar-refractivity contribution in [3.8, 4) is 0 Å². The molecule has 12 heteroatoms. The Hall–Kier alpha value is -4.61. The van der Waals surface area contributed by atoms with E-state index in [0.29, 0.717) is 42.8 Å². The highest BCUT2D eigenvalue weighted by molar-refractivity contribution is 6.06. The number of benzene rings is 1. The lowest BCUT2D eigenvalue weighted by Crippen LogP contribution is -2.41. The number of carbonyl (C=O) groups excluding carboxylic acids is 1. The summed E-state index contributed by atoms with van der Waals surface area (Å²) in [6.07, 6.45) is 3.42. The molecule has 1 fully saturated rings. The van der Waals surface area contributed by atoms with Gasteiger partial charge in [-0.3, -0.25) is 14.5 Å². The van der Waals surface area contributed by atoms with Gasteiger partial charge < -0.3 is 14.8 Å². The van der Waals surface area contributed by atoms with E-state index in [-0.39, 0.29) is 35.8 Å². The molecule has 2 aliphatic rings. The standard InChI is InChI=1S/C28H26F2N6O4/c29-20-6-1-4-17(23(20)30)18-8-9-22(25-19(24(18)34-39)5-2-12-31-25)40-28(38)35-14-10-16(11-15-35)36-21-7-3-13-32-26(21)33-27(36)37/h1-7,12-13,16,18,22,39H,8-11,14-15H2,(H,32,33,37)/b34-24-/t18?,22-/m1/s1. The van der Waals surface area contributed by atoms with Gasteiger partial charge in [0.2, 0.25) is 0 Å². The number of aromatic nitrogens is 4. The number of pyridine rings is 2. The zero-order valence-corrected chi connectivity index (χ0v) is 21.3. The van der Waals surface area contributed by atoms with Crippen molar-refractivity contribution in [3.63, 3.8) is 0 Å². The van der Waals surface area contributed by atoms with Crippen LogP contribution in [0.4, 0.5) is 13.6 Å². The summed E-state index contributed by atoms with van der Waals surface area (Å²) in [6, 6.07) is 10.7. The Kier molecular flexibility index (Phi) is 6.74. The van der Waals surface area contributed by atoms with E-state index in [0.717, 1.165) is 11.6 Å². The van der Waals surface area contributed by atoms with Crippen molar-refractivity contribution in [2.75, 3.05) is 13.1 Å². The van der Waals surface area contributed by atoms with Crippen molar-refractivity contribution in [2.45, 2.75) is 43.7 Å². The summed E-state index contributed by atoms with van der Waals surface area (Å²) >= 11 is 0. The third-order valence-corrected chi connectivity index (χ3v) is 7.75. The molecule has 1 aliphatic heterocycles. The van der Waals surface area contributed by atoms with Gasteiger partial charge in [0, 0.05) is 48.6 Å². The molecule has 1 aliphatic carbocycles. The highest BCUT2D eigenvalue weighted by Crippen LogP contribution is 2.39. The van der Waals surface area contributed by atoms with Crippen LogP contribution in [0.25, 0.3) is 11.2 Å². The summed E-state index contributed by atoms with van der Waals surface area (Å²) < 4.78 is 36.4. The average Bonchev–Trinajstić information content (AvgIpc) is 3.23. The third-order valence-electron chi connectivity index (χ3n) is 7.75. The number of halogens is 2. The molecular formula is C28H26F2N6O4. The molecule has 206 valence electrons. The van der Waals surface area contributed by atoms with E-state index < -0.39 is 29.7 Å². The summed E-state index contributed by atoms with van der Waals surface area (Å²) in [6.45, 7) is 0.760. The van der Waals surface area contributed by atoms with E-state index in [1.165, 1.54) is 18.3 Å². The van der Waals surface area contributed by atoms with Crippen molar-refractivity contribution < 1.29 is 23.5 Å². The van der Waals surface area contributed by atoms with Gasteiger partial charge in [0.05, 0.1) is 16.9 Å². The van der Waals surface area contributed by atoms with Gasteiger partial charge in [-0.1, -0.05) is 17.3 Å². The Morgan fingerprint density at radius 3 is 2.60 bits per heavy atom. The number of oxime groups is 1. The Morgan fingerprint density at radius 2 is 1.80 bits per heavy atom. The minimum absolute atomic E-state index is 0.0550. The summed E-state index contributed by atoms with van der Waals surface area (Å²) in [5.41, 5.74) is 1.98. The minimum Gasteiger partial charge on any atom is -0.440 e. The fourth-order valence-corrected chi connectivity index (χ4v) is 5.82. The first-order valence-electron chi connectivity index (χ1n) is 13.1. The highest BCUT2D eigenvalue weighted by atomic mass is 19.2. The summed E-state index contributed by atoms with van der Waals surface area (Å²) in [4.78, 5) is 38.8. The van der Waals surface area contributed by atoms with Crippen LogP contribution in [-0.4, -0.2) is 54.5 Å². The van der Waals surface area contributed by atoms with E-state index in [1.54, 1.807) is 33.9 Å². The number of piperidine rings is 1. The largest absolute Gasteiger partial charge is 0.440 e. The van der Waals surface area contributed by atoms with Crippen LogP contribution in [0.15, 0.2) is 64.8 Å². The lowest BCUT2D eigenvalue weighted by atomic mass is 9.88. The molecule has 1 saturated heterocycles. The maximum Gasteiger partial charge on any atom is 0.410 e. The Morgan fingerprint density at radius 1 is 1.02 bits per heavy atom. The molecule has 0 bridgehead atoms. The number of fused-ring (bicyclic) bond motifs is 2. The SMILES string of the molecule is O=C(O[C@@H]1CCC(c2cccc(F)c2F)/C(=N/O)c2cccnc21)N1CCC(n2c(=O)[nH]c3ncccc32)CC1. The number of carbonyl (C=O) groups is 1. The molecule has 1 aromatic carbocycles. The maximum absolute atomic E-state index is 14.8. The number of amides is 1. The molecule has 2 N–H and O–H groups in total. The van der Waals surface area contributed by atoms with Crippen LogP contribution in [0.1, 0.15) is 60.6 Å². The van der Waals surface area contributed by atoms with Gasteiger partial charge in [-0.05, 0) is 56.0 Å². The van der Waals surface area contributed by atoms with Gasteiger partial charge in [-0.25, -0.2) is 23.4 Å². The van der Waals surface area contributed by atoms with E-state index in [4.69, 9.17) is 4.74 Å². The molecule has 0 radical (unpaired) electrons. The average molecular weight is 549 g/mol. The number of imidazole rings is 1. The van der Waals surface area contributed by atoms with Gasteiger partial charge >= 0.3 is 11.8 Å². The second kappa shape index (κ2) is 10.5. The highest BCUT2D eigenvalue weighted by Gasteiger charge is 2.36. The summed E-state index contributed by atoms with van der Waals surface area (Å²) in [5, 5.41) is 13.4. The molecule has 10 nitrogen and oxygen atoms in total. The molecule has 1 unspecified atom stereocenters. The van der Waals surface area contributed by atoms with Crippen molar-refractivity contribution in [1.29, 1.82) is 0 Å².